The molecule has 9 heteroatoms. The van der Waals surface area contributed by atoms with Gasteiger partial charge in [-0.25, -0.2) is 9.67 Å². The highest BCUT2D eigenvalue weighted by molar-refractivity contribution is 7.20. The van der Waals surface area contributed by atoms with Gasteiger partial charge in [-0.05, 0) is 31.2 Å². The average molecular weight is 373 g/mol. The predicted octanol–water partition coefficient (Wildman–Crippen LogP) is 3.43. The summed E-state index contributed by atoms with van der Waals surface area (Å²) >= 11 is 7.49. The van der Waals surface area contributed by atoms with Crippen LogP contribution in [0, 0.1) is 6.92 Å². The Morgan fingerprint density at radius 3 is 2.88 bits per heavy atom. The van der Waals surface area contributed by atoms with Gasteiger partial charge in [0.15, 0.2) is 0 Å². The summed E-state index contributed by atoms with van der Waals surface area (Å²) in [6.07, 6.45) is 3.00. The Balaban J connectivity index is 1.70. The largest absolute Gasteiger partial charge is 0.319 e. The lowest BCUT2D eigenvalue weighted by Gasteiger charge is -2.10. The summed E-state index contributed by atoms with van der Waals surface area (Å²) in [5.74, 6) is -0.204. The first-order valence-electron chi connectivity index (χ1n) is 7.42. The second kappa shape index (κ2) is 5.98. The van der Waals surface area contributed by atoms with Gasteiger partial charge in [-0.2, -0.15) is 10.2 Å². The Kier molecular flexibility index (Phi) is 3.78. The zero-order valence-electron chi connectivity index (χ0n) is 13.4. The van der Waals surface area contributed by atoms with E-state index in [9.17, 15) is 4.79 Å². The smallest absolute Gasteiger partial charge is 0.265 e. The Labute approximate surface area is 151 Å². The fourth-order valence-electron chi connectivity index (χ4n) is 2.64. The molecule has 126 valence electrons. The van der Waals surface area contributed by atoms with E-state index in [4.69, 9.17) is 11.6 Å². The van der Waals surface area contributed by atoms with Crippen LogP contribution in [0.5, 0.6) is 0 Å². The molecule has 0 radical (unpaired) electrons. The Morgan fingerprint density at radius 1 is 1.32 bits per heavy atom. The number of amides is 1. The molecule has 1 aromatic carbocycles. The van der Waals surface area contributed by atoms with E-state index < -0.39 is 0 Å². The van der Waals surface area contributed by atoms with Crippen LogP contribution in [-0.2, 0) is 7.05 Å². The van der Waals surface area contributed by atoms with Gasteiger partial charge in [-0.3, -0.25) is 9.48 Å². The van der Waals surface area contributed by atoms with Crippen molar-refractivity contribution >= 4 is 44.7 Å². The molecule has 25 heavy (non-hydrogen) atoms. The number of nitrogens with one attached hydrogen (secondary N) is 1. The molecular formula is C16H13ClN6OS. The molecule has 0 aliphatic carbocycles. The Morgan fingerprint density at radius 2 is 2.16 bits per heavy atom. The molecule has 0 aliphatic heterocycles. The molecular weight excluding hydrogens is 360 g/mol. The third-order valence-electron chi connectivity index (χ3n) is 3.79. The molecule has 0 bridgehead atoms. The molecule has 0 unspecified atom stereocenters. The van der Waals surface area contributed by atoms with Crippen LogP contribution in [0.15, 0.2) is 36.9 Å². The van der Waals surface area contributed by atoms with E-state index in [1.807, 2.05) is 20.0 Å². The maximum Gasteiger partial charge on any atom is 0.265 e. The topological polar surface area (TPSA) is 77.6 Å². The minimum atomic E-state index is -0.204. The van der Waals surface area contributed by atoms with Gasteiger partial charge in [-0.15, -0.1) is 11.3 Å². The van der Waals surface area contributed by atoms with Crippen LogP contribution >= 0.6 is 22.9 Å². The summed E-state index contributed by atoms with van der Waals surface area (Å²) in [6.45, 7) is 1.93. The van der Waals surface area contributed by atoms with E-state index in [2.05, 4.69) is 20.5 Å². The number of hydrogen-bond acceptors (Lipinski definition) is 5. The van der Waals surface area contributed by atoms with Gasteiger partial charge >= 0.3 is 0 Å². The predicted molar refractivity (Wildman–Crippen MR) is 97.7 cm³/mol. The van der Waals surface area contributed by atoms with E-state index in [-0.39, 0.29) is 5.91 Å². The number of anilines is 1. The molecule has 0 saturated heterocycles. The third kappa shape index (κ3) is 2.79. The molecule has 0 atom stereocenters. The van der Waals surface area contributed by atoms with Crippen LogP contribution < -0.4 is 5.32 Å². The highest BCUT2D eigenvalue weighted by atomic mass is 35.5. The first-order valence-corrected chi connectivity index (χ1v) is 8.61. The fourth-order valence-corrected chi connectivity index (χ4v) is 3.83. The quantitative estimate of drug-likeness (QED) is 0.597. The van der Waals surface area contributed by atoms with Crippen molar-refractivity contribution in [3.05, 3.63) is 52.5 Å². The molecule has 0 fully saturated rings. The van der Waals surface area contributed by atoms with E-state index >= 15 is 0 Å². The fraction of sp³-hybridized carbons (Fsp3) is 0.125. The molecule has 0 spiro atoms. The lowest BCUT2D eigenvalue weighted by Crippen LogP contribution is -2.12. The zero-order chi connectivity index (χ0) is 17.6. The number of aromatic nitrogens is 5. The number of carbonyl (C=O) groups excluding carboxylic acids is 1. The number of aryl methyl sites for hydroxylation is 2. The summed E-state index contributed by atoms with van der Waals surface area (Å²) in [5, 5.41) is 12.9. The van der Waals surface area contributed by atoms with Crippen LogP contribution in [0.1, 0.15) is 15.4 Å². The number of thiophene rings is 1. The van der Waals surface area contributed by atoms with Crippen molar-refractivity contribution in [2.75, 3.05) is 5.32 Å². The molecule has 0 aliphatic rings. The SMILES string of the molecule is Cc1nn(C)c2sc(C(=O)Nc3cc(Cl)ccc3-n3cncn3)cc12. The number of hydrogen-bond donors (Lipinski definition) is 1. The second-order valence-electron chi connectivity index (χ2n) is 5.49. The number of nitrogens with zero attached hydrogens (tertiary/aromatic N) is 5. The first kappa shape index (κ1) is 15.8. The van der Waals surface area contributed by atoms with Crippen LogP contribution in [-0.4, -0.2) is 30.5 Å². The summed E-state index contributed by atoms with van der Waals surface area (Å²) in [7, 11) is 1.87. The van der Waals surface area contributed by atoms with Crippen LogP contribution in [0.4, 0.5) is 5.69 Å². The van der Waals surface area contributed by atoms with E-state index in [1.165, 1.54) is 17.7 Å². The first-order chi connectivity index (χ1) is 12.0. The standard InChI is InChI=1S/C16H13ClN6OS/c1-9-11-6-14(25-16(11)22(2)21-9)15(24)20-12-5-10(17)3-4-13(12)23-8-18-7-19-23/h3-8H,1-2H3,(H,20,24). The van der Waals surface area contributed by atoms with Crippen molar-refractivity contribution < 1.29 is 4.79 Å². The van der Waals surface area contributed by atoms with Gasteiger partial charge in [0.05, 0.1) is 21.9 Å². The van der Waals surface area contributed by atoms with E-state index in [0.29, 0.717) is 21.3 Å². The molecule has 4 rings (SSSR count). The monoisotopic (exact) mass is 372 g/mol. The number of benzene rings is 1. The van der Waals surface area contributed by atoms with Crippen LogP contribution in [0.25, 0.3) is 15.9 Å². The zero-order valence-corrected chi connectivity index (χ0v) is 15.0. The average Bonchev–Trinajstić information content (AvgIpc) is 3.28. The number of halogens is 1. The van der Waals surface area contributed by atoms with Crippen LogP contribution in [0.2, 0.25) is 5.02 Å². The van der Waals surface area contributed by atoms with E-state index in [1.54, 1.807) is 33.9 Å². The molecule has 1 N–H and O–H groups in total. The highest BCUT2D eigenvalue weighted by Crippen LogP contribution is 2.29. The number of rotatable bonds is 3. The molecule has 0 saturated carbocycles. The van der Waals surface area contributed by atoms with Crippen molar-refractivity contribution in [2.24, 2.45) is 7.05 Å². The summed E-state index contributed by atoms with van der Waals surface area (Å²) < 4.78 is 3.36. The summed E-state index contributed by atoms with van der Waals surface area (Å²) in [6, 6.07) is 7.07. The lowest BCUT2D eigenvalue weighted by atomic mass is 10.2. The lowest BCUT2D eigenvalue weighted by molar-refractivity contribution is 0.103. The maximum atomic E-state index is 12.7. The van der Waals surface area contributed by atoms with Gasteiger partial charge < -0.3 is 5.32 Å². The van der Waals surface area contributed by atoms with Crippen molar-refractivity contribution in [1.82, 2.24) is 24.5 Å². The van der Waals surface area contributed by atoms with Gasteiger partial charge in [0.1, 0.15) is 17.5 Å². The van der Waals surface area contributed by atoms with Crippen molar-refractivity contribution in [2.45, 2.75) is 6.92 Å². The Hall–Kier alpha value is -2.71. The molecule has 3 heterocycles. The number of carbonyl (C=O) groups is 1. The normalized spacial score (nSPS) is 11.2. The van der Waals surface area contributed by atoms with Gasteiger partial charge in [0.25, 0.3) is 5.91 Å². The van der Waals surface area contributed by atoms with Crippen molar-refractivity contribution in [3.63, 3.8) is 0 Å². The van der Waals surface area contributed by atoms with Gasteiger partial charge in [0.2, 0.25) is 0 Å². The second-order valence-corrected chi connectivity index (χ2v) is 6.96. The molecule has 3 aromatic heterocycles. The van der Waals surface area contributed by atoms with Crippen molar-refractivity contribution in [3.8, 4) is 5.69 Å². The third-order valence-corrected chi connectivity index (χ3v) is 5.23. The van der Waals surface area contributed by atoms with E-state index in [0.717, 1.165) is 15.9 Å². The van der Waals surface area contributed by atoms with Gasteiger partial charge in [0, 0.05) is 17.5 Å². The van der Waals surface area contributed by atoms with Crippen LogP contribution in [0.3, 0.4) is 0 Å². The highest BCUT2D eigenvalue weighted by Gasteiger charge is 2.17. The minimum Gasteiger partial charge on any atom is -0.319 e. The molecule has 4 aromatic rings. The molecule has 7 nitrogen and oxygen atoms in total. The molecule has 1 amide bonds. The van der Waals surface area contributed by atoms with Gasteiger partial charge in [-0.1, -0.05) is 11.6 Å². The summed E-state index contributed by atoms with van der Waals surface area (Å²) in [5.41, 5.74) is 2.16. The van der Waals surface area contributed by atoms with Crippen molar-refractivity contribution in [1.29, 1.82) is 0 Å². The minimum absolute atomic E-state index is 0.204. The summed E-state index contributed by atoms with van der Waals surface area (Å²) in [4.78, 5) is 18.2. The number of fused-ring (bicyclic) bond motifs is 1. The maximum absolute atomic E-state index is 12.7. The Bertz CT molecular complexity index is 1050.